The molecule has 0 aliphatic carbocycles. The summed E-state index contributed by atoms with van der Waals surface area (Å²) in [6, 6.07) is 4.23. The SMILES string of the molecule is CCCn1c(N)c(N(CCOC)C(=O)/C=C/c2ccc(C(F)(F)F)cc2)c(=O)[nH]c1=O. The average Bonchev–Trinajstić information content (AvgIpc) is 2.71. The van der Waals surface area contributed by atoms with Gasteiger partial charge in [-0.1, -0.05) is 19.1 Å². The second kappa shape index (κ2) is 10.1. The molecule has 0 aliphatic rings. The van der Waals surface area contributed by atoms with Crippen molar-refractivity contribution in [1.29, 1.82) is 0 Å². The highest BCUT2D eigenvalue weighted by Gasteiger charge is 2.29. The van der Waals surface area contributed by atoms with Crippen molar-refractivity contribution in [3.05, 3.63) is 62.3 Å². The molecule has 0 unspecified atom stereocenters. The maximum atomic E-state index is 12.8. The van der Waals surface area contributed by atoms with Gasteiger partial charge < -0.3 is 10.5 Å². The number of benzene rings is 1. The smallest absolute Gasteiger partial charge is 0.383 e. The zero-order valence-electron chi connectivity index (χ0n) is 17.0. The van der Waals surface area contributed by atoms with Crippen LogP contribution in [0, 0.1) is 0 Å². The Bertz CT molecular complexity index is 1060. The highest BCUT2D eigenvalue weighted by molar-refractivity contribution is 6.05. The number of aromatic nitrogens is 2. The van der Waals surface area contributed by atoms with Crippen LogP contribution in [-0.2, 0) is 22.3 Å². The Morgan fingerprint density at radius 2 is 1.90 bits per heavy atom. The first-order chi connectivity index (χ1) is 14.6. The fourth-order valence-electron chi connectivity index (χ4n) is 2.84. The number of H-pyrrole nitrogens is 1. The van der Waals surface area contributed by atoms with E-state index in [4.69, 9.17) is 10.5 Å². The number of hydrogen-bond acceptors (Lipinski definition) is 5. The number of nitrogen functional groups attached to an aromatic ring is 1. The summed E-state index contributed by atoms with van der Waals surface area (Å²) in [4.78, 5) is 40.5. The predicted octanol–water partition coefficient (Wildman–Crippen LogP) is 2.24. The number of halogens is 3. The number of aromatic amines is 1. The fourth-order valence-corrected chi connectivity index (χ4v) is 2.84. The summed E-state index contributed by atoms with van der Waals surface area (Å²) in [6.07, 6.45) is -1.48. The fraction of sp³-hybridized carbons (Fsp3) is 0.350. The molecule has 2 rings (SSSR count). The zero-order valence-corrected chi connectivity index (χ0v) is 17.0. The summed E-state index contributed by atoms with van der Waals surface area (Å²) in [5.41, 5.74) is 3.85. The van der Waals surface area contributed by atoms with Gasteiger partial charge in [0.2, 0.25) is 0 Å². The third-order valence-electron chi connectivity index (χ3n) is 4.37. The summed E-state index contributed by atoms with van der Waals surface area (Å²) < 4.78 is 44.2. The lowest BCUT2D eigenvalue weighted by atomic mass is 10.1. The molecule has 0 atom stereocenters. The van der Waals surface area contributed by atoms with Crippen molar-refractivity contribution in [2.24, 2.45) is 0 Å². The number of rotatable bonds is 8. The van der Waals surface area contributed by atoms with Gasteiger partial charge in [0.05, 0.1) is 12.2 Å². The summed E-state index contributed by atoms with van der Waals surface area (Å²) >= 11 is 0. The van der Waals surface area contributed by atoms with Crippen LogP contribution in [0.3, 0.4) is 0 Å². The number of alkyl halides is 3. The van der Waals surface area contributed by atoms with Gasteiger partial charge in [-0.3, -0.25) is 24.0 Å². The molecule has 1 amide bonds. The van der Waals surface area contributed by atoms with Gasteiger partial charge in [0.1, 0.15) is 5.82 Å². The Labute approximate surface area is 175 Å². The Hall–Kier alpha value is -3.34. The number of nitrogens with zero attached hydrogens (tertiary/aromatic N) is 2. The molecule has 8 nitrogen and oxygen atoms in total. The number of methoxy groups -OCH3 is 1. The monoisotopic (exact) mass is 440 g/mol. The molecule has 0 saturated heterocycles. The number of hydrogen-bond donors (Lipinski definition) is 2. The van der Waals surface area contributed by atoms with E-state index < -0.39 is 28.9 Å². The van der Waals surface area contributed by atoms with E-state index in [1.54, 1.807) is 0 Å². The average molecular weight is 440 g/mol. The maximum absolute atomic E-state index is 12.8. The number of amides is 1. The lowest BCUT2D eigenvalue weighted by Crippen LogP contribution is -2.42. The van der Waals surface area contributed by atoms with E-state index in [2.05, 4.69) is 4.98 Å². The summed E-state index contributed by atoms with van der Waals surface area (Å²) in [7, 11) is 1.41. The zero-order chi connectivity index (χ0) is 23.2. The van der Waals surface area contributed by atoms with Crippen molar-refractivity contribution in [1.82, 2.24) is 9.55 Å². The van der Waals surface area contributed by atoms with Crippen LogP contribution < -0.4 is 21.9 Å². The van der Waals surface area contributed by atoms with Gasteiger partial charge in [-0.2, -0.15) is 13.2 Å². The van der Waals surface area contributed by atoms with E-state index in [9.17, 15) is 27.6 Å². The molecule has 0 spiro atoms. The van der Waals surface area contributed by atoms with Gasteiger partial charge in [-0.15, -0.1) is 0 Å². The minimum atomic E-state index is -4.46. The normalized spacial score (nSPS) is 11.8. The van der Waals surface area contributed by atoms with E-state index in [1.807, 2.05) is 6.92 Å². The molecule has 0 fully saturated rings. The molecule has 0 radical (unpaired) electrons. The van der Waals surface area contributed by atoms with Gasteiger partial charge in [-0.25, -0.2) is 4.79 Å². The summed E-state index contributed by atoms with van der Waals surface area (Å²) in [6.45, 7) is 2.09. The van der Waals surface area contributed by atoms with Crippen LogP contribution in [0.5, 0.6) is 0 Å². The van der Waals surface area contributed by atoms with Crippen LogP contribution in [0.4, 0.5) is 24.7 Å². The molecule has 1 aromatic carbocycles. The Morgan fingerprint density at radius 3 is 2.45 bits per heavy atom. The van der Waals surface area contributed by atoms with E-state index in [0.717, 1.165) is 27.7 Å². The standard InChI is InChI=1S/C20H23F3N4O4/c1-3-10-27-17(24)16(18(29)25-19(27)30)26(11-12-31-2)15(28)9-6-13-4-7-14(8-5-13)20(21,22)23/h4-9H,3,10-12,24H2,1-2H3,(H,25,29,30)/b9-6+. The van der Waals surface area contributed by atoms with Crippen LogP contribution in [0.1, 0.15) is 24.5 Å². The van der Waals surface area contributed by atoms with Crippen molar-refractivity contribution in [3.63, 3.8) is 0 Å². The van der Waals surface area contributed by atoms with Crippen molar-refractivity contribution in [2.45, 2.75) is 26.1 Å². The molecule has 0 saturated carbocycles. The molecule has 11 heteroatoms. The molecule has 1 heterocycles. The highest BCUT2D eigenvalue weighted by atomic mass is 19.4. The van der Waals surface area contributed by atoms with Crippen molar-refractivity contribution >= 4 is 23.5 Å². The molecule has 3 N–H and O–H groups in total. The van der Waals surface area contributed by atoms with Gasteiger partial charge in [-0.05, 0) is 30.2 Å². The van der Waals surface area contributed by atoms with Gasteiger partial charge >= 0.3 is 11.9 Å². The number of ether oxygens (including phenoxy) is 1. The minimum absolute atomic E-state index is 0.0374. The van der Waals surface area contributed by atoms with E-state index in [-0.39, 0.29) is 31.2 Å². The van der Waals surface area contributed by atoms with Crippen molar-refractivity contribution in [2.75, 3.05) is 30.9 Å². The maximum Gasteiger partial charge on any atom is 0.416 e. The number of carbonyl (C=O) groups excluding carboxylic acids is 1. The van der Waals surface area contributed by atoms with Gasteiger partial charge in [0.15, 0.2) is 5.69 Å². The number of nitrogens with one attached hydrogen (secondary N) is 1. The van der Waals surface area contributed by atoms with Crippen LogP contribution in [0.2, 0.25) is 0 Å². The van der Waals surface area contributed by atoms with Crippen molar-refractivity contribution < 1.29 is 22.7 Å². The van der Waals surface area contributed by atoms with E-state index in [0.29, 0.717) is 12.0 Å². The summed E-state index contributed by atoms with van der Waals surface area (Å²) in [5, 5.41) is 0. The Morgan fingerprint density at radius 1 is 1.26 bits per heavy atom. The molecule has 31 heavy (non-hydrogen) atoms. The molecule has 0 bridgehead atoms. The van der Waals surface area contributed by atoms with Gasteiger partial charge in [0.25, 0.3) is 11.5 Å². The van der Waals surface area contributed by atoms with E-state index in [1.165, 1.54) is 25.3 Å². The molecule has 168 valence electrons. The molecular formula is C20H23F3N4O4. The largest absolute Gasteiger partial charge is 0.416 e. The highest BCUT2D eigenvalue weighted by Crippen LogP contribution is 2.29. The van der Waals surface area contributed by atoms with Gasteiger partial charge in [0, 0.05) is 26.3 Å². The van der Waals surface area contributed by atoms with Crippen LogP contribution in [0.25, 0.3) is 6.08 Å². The van der Waals surface area contributed by atoms with Crippen molar-refractivity contribution in [3.8, 4) is 0 Å². The van der Waals surface area contributed by atoms with Crippen LogP contribution in [0.15, 0.2) is 39.9 Å². The Balaban J connectivity index is 2.40. The minimum Gasteiger partial charge on any atom is -0.383 e. The van der Waals surface area contributed by atoms with Crippen LogP contribution in [-0.4, -0.2) is 35.7 Å². The quantitative estimate of drug-likeness (QED) is 0.612. The molecule has 1 aromatic heterocycles. The molecule has 0 aliphatic heterocycles. The lowest BCUT2D eigenvalue weighted by molar-refractivity contribution is -0.137. The topological polar surface area (TPSA) is 110 Å². The second-order valence-corrected chi connectivity index (χ2v) is 6.58. The number of anilines is 2. The predicted molar refractivity (Wildman–Crippen MR) is 111 cm³/mol. The Kier molecular flexibility index (Phi) is 7.81. The van der Waals surface area contributed by atoms with Crippen LogP contribution >= 0.6 is 0 Å². The lowest BCUT2D eigenvalue weighted by Gasteiger charge is -2.23. The molecule has 2 aromatic rings. The number of carbonyl (C=O) groups is 1. The first-order valence-electron chi connectivity index (χ1n) is 9.38. The van der Waals surface area contributed by atoms with E-state index >= 15 is 0 Å². The third-order valence-corrected chi connectivity index (χ3v) is 4.37. The first kappa shape index (κ1) is 23.9. The third kappa shape index (κ3) is 5.85. The number of nitrogens with two attached hydrogens (primary N) is 1. The summed E-state index contributed by atoms with van der Waals surface area (Å²) in [5.74, 6) is -0.821. The second-order valence-electron chi connectivity index (χ2n) is 6.58. The molecular weight excluding hydrogens is 417 g/mol. The first-order valence-corrected chi connectivity index (χ1v) is 9.38.